The van der Waals surface area contributed by atoms with Gasteiger partial charge in [0.25, 0.3) is 0 Å². The van der Waals surface area contributed by atoms with Crippen LogP contribution < -0.4 is 5.73 Å². The largest absolute Gasteiger partial charge is 0.435 e. The molecule has 0 aliphatic carbocycles. The van der Waals surface area contributed by atoms with Crippen LogP contribution in [0.15, 0.2) is 54.6 Å². The number of alkyl halides is 3. The molecule has 142 valence electrons. The number of carbonyl (C=O) groups is 2. The number of aryl methyl sites for hydroxylation is 1. The predicted molar refractivity (Wildman–Crippen MR) is 97.4 cm³/mol. The Labute approximate surface area is 154 Å². The van der Waals surface area contributed by atoms with Gasteiger partial charge in [0.1, 0.15) is 13.6 Å². The fourth-order valence-electron chi connectivity index (χ4n) is 2.26. The van der Waals surface area contributed by atoms with Crippen LogP contribution in [-0.4, -0.2) is 23.4 Å². The second kappa shape index (κ2) is 9.33. The Kier molecular flexibility index (Phi) is 7.47. The van der Waals surface area contributed by atoms with Gasteiger partial charge in [-0.3, -0.25) is 0 Å². The van der Waals surface area contributed by atoms with Gasteiger partial charge in [0.15, 0.2) is 5.69 Å². The first kappa shape index (κ1) is 21.6. The molecule has 0 atom stereocenters. The Morgan fingerprint density at radius 3 is 1.93 bits per heavy atom. The molecular formula is C19H18F3N3O2. The van der Waals surface area contributed by atoms with Gasteiger partial charge in [-0.1, -0.05) is 29.8 Å². The van der Waals surface area contributed by atoms with Crippen molar-refractivity contribution in [1.29, 1.82) is 0 Å². The van der Waals surface area contributed by atoms with E-state index in [4.69, 9.17) is 15.3 Å². The molecule has 0 radical (unpaired) electrons. The molecule has 0 aliphatic heterocycles. The minimum Gasteiger partial charge on any atom is -0.399 e. The minimum atomic E-state index is -4.50. The number of benzene rings is 2. The van der Waals surface area contributed by atoms with Gasteiger partial charge in [0, 0.05) is 11.3 Å². The van der Waals surface area contributed by atoms with Gasteiger partial charge in [-0.2, -0.15) is 18.3 Å². The van der Waals surface area contributed by atoms with Gasteiger partial charge >= 0.3 is 6.18 Å². The van der Waals surface area contributed by atoms with Crippen molar-refractivity contribution in [2.75, 3.05) is 5.73 Å². The average molecular weight is 377 g/mol. The zero-order chi connectivity index (χ0) is 20.6. The maximum atomic E-state index is 13.0. The molecule has 0 bridgehead atoms. The summed E-state index contributed by atoms with van der Waals surface area (Å²) in [5.74, 6) is 0. The van der Waals surface area contributed by atoms with Crippen molar-refractivity contribution < 1.29 is 22.8 Å². The first-order chi connectivity index (χ1) is 12.8. The molecule has 1 heterocycles. The quantitative estimate of drug-likeness (QED) is 0.683. The molecule has 3 rings (SSSR count). The van der Waals surface area contributed by atoms with Gasteiger partial charge in [-0.15, -0.1) is 0 Å². The number of anilines is 1. The van der Waals surface area contributed by atoms with Crippen molar-refractivity contribution in [1.82, 2.24) is 9.78 Å². The van der Waals surface area contributed by atoms with Gasteiger partial charge in [-0.05, 0) is 37.3 Å². The maximum absolute atomic E-state index is 13.0. The van der Waals surface area contributed by atoms with Crippen LogP contribution in [-0.2, 0) is 15.8 Å². The molecule has 0 aliphatic rings. The normalized spacial score (nSPS) is 10.2. The Hall–Kier alpha value is -3.42. The predicted octanol–water partition coefficient (Wildman–Crippen LogP) is 4.08. The fourth-order valence-corrected chi connectivity index (χ4v) is 2.26. The third kappa shape index (κ3) is 5.27. The van der Waals surface area contributed by atoms with Gasteiger partial charge in [0.05, 0.1) is 11.4 Å². The molecule has 0 spiro atoms. The summed E-state index contributed by atoms with van der Waals surface area (Å²) in [6, 6.07) is 14.8. The van der Waals surface area contributed by atoms with Crippen molar-refractivity contribution in [2.24, 2.45) is 0 Å². The maximum Gasteiger partial charge on any atom is 0.435 e. The molecule has 2 N–H and O–H groups in total. The Balaban J connectivity index is 0.000000855. The lowest BCUT2D eigenvalue weighted by Crippen LogP contribution is -2.07. The van der Waals surface area contributed by atoms with Gasteiger partial charge < -0.3 is 15.3 Å². The number of halogens is 3. The van der Waals surface area contributed by atoms with Crippen LogP contribution >= 0.6 is 0 Å². The standard InChI is InChI=1S/C17H14F3N3.2CH2O/c1-11-2-4-12(5-3-11)15-10-16(17(18,19)20)22-23(15)14-8-6-13(21)7-9-14;2*1-2/h2-10H,21H2,1H3;2*1H2. The third-order valence-corrected chi connectivity index (χ3v) is 3.48. The topological polar surface area (TPSA) is 78.0 Å². The first-order valence-corrected chi connectivity index (χ1v) is 7.52. The molecule has 5 nitrogen and oxygen atoms in total. The van der Waals surface area contributed by atoms with E-state index in [1.165, 1.54) is 4.68 Å². The monoisotopic (exact) mass is 377 g/mol. The van der Waals surface area contributed by atoms with E-state index in [2.05, 4.69) is 5.10 Å². The number of hydrogen-bond acceptors (Lipinski definition) is 4. The highest BCUT2D eigenvalue weighted by Gasteiger charge is 2.35. The van der Waals surface area contributed by atoms with Crippen LogP contribution in [0.2, 0.25) is 0 Å². The van der Waals surface area contributed by atoms with Crippen LogP contribution in [0.4, 0.5) is 18.9 Å². The highest BCUT2D eigenvalue weighted by atomic mass is 19.4. The number of nitrogens with zero attached hydrogens (tertiary/aromatic N) is 2. The SMILES string of the molecule is C=O.C=O.Cc1ccc(-c2cc(C(F)(F)F)nn2-c2ccc(N)cc2)cc1. The smallest absolute Gasteiger partial charge is 0.399 e. The van der Waals surface area contributed by atoms with Crippen molar-refractivity contribution in [3.63, 3.8) is 0 Å². The van der Waals surface area contributed by atoms with Crippen LogP contribution in [0.3, 0.4) is 0 Å². The average Bonchev–Trinajstić information content (AvgIpc) is 3.12. The van der Waals surface area contributed by atoms with Crippen LogP contribution in [0.1, 0.15) is 11.3 Å². The summed E-state index contributed by atoms with van der Waals surface area (Å²) in [6.45, 7) is 5.92. The number of hydrogen-bond donors (Lipinski definition) is 1. The van der Waals surface area contributed by atoms with E-state index in [9.17, 15) is 13.2 Å². The van der Waals surface area contributed by atoms with E-state index in [1.807, 2.05) is 32.6 Å². The van der Waals surface area contributed by atoms with Crippen LogP contribution in [0.5, 0.6) is 0 Å². The Morgan fingerprint density at radius 1 is 0.926 bits per heavy atom. The van der Waals surface area contributed by atoms with Gasteiger partial charge in [0.2, 0.25) is 0 Å². The third-order valence-electron chi connectivity index (χ3n) is 3.48. The van der Waals surface area contributed by atoms with Crippen LogP contribution in [0, 0.1) is 6.92 Å². The summed E-state index contributed by atoms with van der Waals surface area (Å²) in [5.41, 5.74) is 7.83. The molecule has 1 aromatic heterocycles. The van der Waals surface area contributed by atoms with Crippen molar-refractivity contribution in [3.05, 3.63) is 65.9 Å². The summed E-state index contributed by atoms with van der Waals surface area (Å²) in [4.78, 5) is 16.0. The minimum absolute atomic E-state index is 0.377. The van der Waals surface area contributed by atoms with E-state index in [-0.39, 0.29) is 0 Å². The van der Waals surface area contributed by atoms with Gasteiger partial charge in [-0.25, -0.2) is 4.68 Å². The molecule has 0 unspecified atom stereocenters. The Morgan fingerprint density at radius 2 is 1.44 bits per heavy atom. The number of aromatic nitrogens is 2. The summed E-state index contributed by atoms with van der Waals surface area (Å²) in [5, 5.41) is 3.73. The lowest BCUT2D eigenvalue weighted by atomic mass is 10.1. The summed E-state index contributed by atoms with van der Waals surface area (Å²) >= 11 is 0. The lowest BCUT2D eigenvalue weighted by molar-refractivity contribution is -0.141. The summed E-state index contributed by atoms with van der Waals surface area (Å²) in [7, 11) is 0. The molecule has 27 heavy (non-hydrogen) atoms. The van der Waals surface area contributed by atoms with E-state index in [1.54, 1.807) is 36.4 Å². The van der Waals surface area contributed by atoms with Crippen molar-refractivity contribution >= 4 is 19.3 Å². The molecule has 8 heteroatoms. The summed E-state index contributed by atoms with van der Waals surface area (Å²) in [6.07, 6.45) is -4.50. The van der Waals surface area contributed by atoms with Crippen molar-refractivity contribution in [2.45, 2.75) is 13.1 Å². The fraction of sp³-hybridized carbons (Fsp3) is 0.105. The zero-order valence-electron chi connectivity index (χ0n) is 14.5. The number of nitrogens with two attached hydrogens (primary N) is 1. The zero-order valence-corrected chi connectivity index (χ0v) is 14.5. The van der Waals surface area contributed by atoms with Crippen molar-refractivity contribution in [3.8, 4) is 16.9 Å². The number of carbonyl (C=O) groups excluding carboxylic acids is 2. The Bertz CT molecular complexity index is 792. The molecule has 0 amide bonds. The van der Waals surface area contributed by atoms with E-state index in [0.29, 0.717) is 22.6 Å². The van der Waals surface area contributed by atoms with Crippen LogP contribution in [0.25, 0.3) is 16.9 Å². The molecule has 0 fully saturated rings. The number of rotatable bonds is 2. The second-order valence-electron chi connectivity index (χ2n) is 5.28. The second-order valence-corrected chi connectivity index (χ2v) is 5.28. The highest BCUT2D eigenvalue weighted by Crippen LogP contribution is 2.33. The molecular weight excluding hydrogens is 359 g/mol. The molecule has 0 saturated heterocycles. The van der Waals surface area contributed by atoms with E-state index in [0.717, 1.165) is 11.6 Å². The van der Waals surface area contributed by atoms with E-state index >= 15 is 0 Å². The molecule has 0 saturated carbocycles. The molecule has 2 aromatic carbocycles. The highest BCUT2D eigenvalue weighted by molar-refractivity contribution is 5.63. The lowest BCUT2D eigenvalue weighted by Gasteiger charge is -2.08. The molecule has 3 aromatic rings. The number of nitrogen functional groups attached to an aromatic ring is 1. The van der Waals surface area contributed by atoms with E-state index < -0.39 is 11.9 Å². The first-order valence-electron chi connectivity index (χ1n) is 7.52. The summed E-state index contributed by atoms with van der Waals surface area (Å²) < 4.78 is 40.4.